The molecular formula is C28H39N5O4S. The molecule has 3 fully saturated rings. The van der Waals surface area contributed by atoms with E-state index in [0.717, 1.165) is 50.5 Å². The van der Waals surface area contributed by atoms with Crippen molar-refractivity contribution in [3.63, 3.8) is 0 Å². The first-order valence-electron chi connectivity index (χ1n) is 13.5. The van der Waals surface area contributed by atoms with Crippen molar-refractivity contribution in [1.29, 1.82) is 0 Å². The summed E-state index contributed by atoms with van der Waals surface area (Å²) in [6.07, 6.45) is 4.87. The zero-order valence-electron chi connectivity index (χ0n) is 22.8. The third-order valence-electron chi connectivity index (χ3n) is 7.96. The number of carbonyl (C=O) groups excluding carboxylic acids is 1. The smallest absolute Gasteiger partial charge is 0.258 e. The van der Waals surface area contributed by atoms with Gasteiger partial charge >= 0.3 is 0 Å². The highest BCUT2D eigenvalue weighted by Gasteiger charge is 2.44. The molecule has 2 aliphatic heterocycles. The van der Waals surface area contributed by atoms with E-state index < -0.39 is 14.8 Å². The average molecular weight is 542 g/mol. The normalized spacial score (nSPS) is 21.3. The fourth-order valence-electron chi connectivity index (χ4n) is 5.13. The number of sulfonamides is 1. The van der Waals surface area contributed by atoms with Crippen molar-refractivity contribution in [2.75, 3.05) is 52.6 Å². The molecule has 1 amide bonds. The van der Waals surface area contributed by atoms with Crippen LogP contribution in [0.3, 0.4) is 0 Å². The Balaban J connectivity index is 1.40. The van der Waals surface area contributed by atoms with Gasteiger partial charge in [-0.05, 0) is 89.1 Å². The molecule has 0 bridgehead atoms. The Morgan fingerprint density at radius 3 is 2.45 bits per heavy atom. The van der Waals surface area contributed by atoms with Crippen LogP contribution in [0, 0.1) is 5.41 Å². The van der Waals surface area contributed by atoms with E-state index in [9.17, 15) is 13.2 Å². The van der Waals surface area contributed by atoms with E-state index >= 15 is 0 Å². The van der Waals surface area contributed by atoms with Crippen molar-refractivity contribution in [2.45, 2.75) is 64.2 Å². The zero-order chi connectivity index (χ0) is 27.1. The molecule has 1 aliphatic carbocycles. The molecule has 1 saturated carbocycles. The molecule has 1 spiro atoms. The summed E-state index contributed by atoms with van der Waals surface area (Å²) in [4.78, 5) is 22.6. The first-order chi connectivity index (χ1) is 17.9. The molecule has 0 radical (unpaired) electrons. The van der Waals surface area contributed by atoms with Crippen molar-refractivity contribution in [2.24, 2.45) is 5.41 Å². The monoisotopic (exact) mass is 541 g/mol. The molecule has 38 heavy (non-hydrogen) atoms. The Hall–Kier alpha value is -2.85. The van der Waals surface area contributed by atoms with E-state index in [-0.39, 0.29) is 12.0 Å². The van der Waals surface area contributed by atoms with Gasteiger partial charge < -0.3 is 19.9 Å². The first-order valence-corrected chi connectivity index (χ1v) is 15.0. The van der Waals surface area contributed by atoms with Crippen molar-refractivity contribution < 1.29 is 17.9 Å². The third kappa shape index (κ3) is 5.76. The second kappa shape index (κ2) is 10.0. The van der Waals surface area contributed by atoms with Crippen molar-refractivity contribution >= 4 is 38.9 Å². The fraction of sp³-hybridized carbons (Fsp3) is 0.571. The van der Waals surface area contributed by atoms with Crippen LogP contribution in [0.5, 0.6) is 0 Å². The van der Waals surface area contributed by atoms with Gasteiger partial charge in [0.15, 0.2) is 0 Å². The maximum absolute atomic E-state index is 13.6. The maximum Gasteiger partial charge on any atom is 0.258 e. The summed E-state index contributed by atoms with van der Waals surface area (Å²) in [7, 11) is -3.60. The minimum atomic E-state index is -3.60. The van der Waals surface area contributed by atoms with E-state index in [1.54, 1.807) is 45.0 Å². The van der Waals surface area contributed by atoms with Crippen LogP contribution in [-0.4, -0.2) is 62.9 Å². The predicted octanol–water partition coefficient (Wildman–Crippen LogP) is 4.48. The summed E-state index contributed by atoms with van der Waals surface area (Å²) in [5, 5.41) is 2.98. The van der Waals surface area contributed by atoms with Gasteiger partial charge in [-0.3, -0.25) is 9.52 Å². The SMILES string of the molecule is C[C@@H]1CN(c2cccc(NC(=O)c3ccc(NS(=O)(=O)C(C)(C)C)cc3N3CCC4(CC3)CC4)n2)CCO1. The number of benzene rings is 1. The summed E-state index contributed by atoms with van der Waals surface area (Å²) >= 11 is 0. The van der Waals surface area contributed by atoms with Gasteiger partial charge in [-0.15, -0.1) is 0 Å². The number of hydrogen-bond donors (Lipinski definition) is 2. The van der Waals surface area contributed by atoms with Gasteiger partial charge in [0.2, 0.25) is 10.0 Å². The summed E-state index contributed by atoms with van der Waals surface area (Å²) in [6, 6.07) is 10.8. The number of piperidine rings is 1. The summed E-state index contributed by atoms with van der Waals surface area (Å²) in [6.45, 7) is 10.9. The van der Waals surface area contributed by atoms with Crippen LogP contribution in [0.1, 0.15) is 63.7 Å². The van der Waals surface area contributed by atoms with Crippen molar-refractivity contribution in [1.82, 2.24) is 4.98 Å². The molecule has 10 heteroatoms. The molecule has 2 saturated heterocycles. The van der Waals surface area contributed by atoms with E-state index in [0.29, 0.717) is 29.1 Å². The maximum atomic E-state index is 13.6. The number of amides is 1. The van der Waals surface area contributed by atoms with Gasteiger partial charge in [0.25, 0.3) is 5.91 Å². The van der Waals surface area contributed by atoms with Crippen LogP contribution in [0.4, 0.5) is 23.0 Å². The van der Waals surface area contributed by atoms with Gasteiger partial charge in [0.05, 0.1) is 34.4 Å². The number of ether oxygens (including phenoxy) is 1. The predicted molar refractivity (Wildman–Crippen MR) is 152 cm³/mol. The zero-order valence-corrected chi connectivity index (χ0v) is 23.6. The van der Waals surface area contributed by atoms with E-state index in [1.165, 1.54) is 12.8 Å². The van der Waals surface area contributed by atoms with Crippen LogP contribution < -0.4 is 19.8 Å². The van der Waals surface area contributed by atoms with Gasteiger partial charge in [0.1, 0.15) is 11.6 Å². The Morgan fingerprint density at radius 2 is 1.79 bits per heavy atom. The largest absolute Gasteiger partial charge is 0.375 e. The van der Waals surface area contributed by atoms with Gasteiger partial charge in [-0.25, -0.2) is 13.4 Å². The number of pyridine rings is 1. The number of nitrogens with zero attached hydrogens (tertiary/aromatic N) is 3. The van der Waals surface area contributed by atoms with Crippen LogP contribution >= 0.6 is 0 Å². The molecule has 0 unspecified atom stereocenters. The molecule has 2 N–H and O–H groups in total. The topological polar surface area (TPSA) is 104 Å². The van der Waals surface area contributed by atoms with Gasteiger partial charge in [-0.1, -0.05) is 6.07 Å². The molecule has 1 aromatic carbocycles. The summed E-state index contributed by atoms with van der Waals surface area (Å²) < 4.78 is 33.0. The highest BCUT2D eigenvalue weighted by Crippen LogP contribution is 2.54. The molecule has 206 valence electrons. The molecule has 1 aromatic heterocycles. The molecule has 1 atom stereocenters. The van der Waals surface area contributed by atoms with Crippen LogP contribution in [-0.2, 0) is 14.8 Å². The molecular weight excluding hydrogens is 502 g/mol. The minimum absolute atomic E-state index is 0.125. The summed E-state index contributed by atoms with van der Waals surface area (Å²) in [5.74, 6) is 1.01. The molecule has 9 nitrogen and oxygen atoms in total. The quantitative estimate of drug-likeness (QED) is 0.556. The third-order valence-corrected chi connectivity index (χ3v) is 10.1. The van der Waals surface area contributed by atoms with Gasteiger partial charge in [0, 0.05) is 26.2 Å². The van der Waals surface area contributed by atoms with E-state index in [2.05, 4.69) is 19.8 Å². The van der Waals surface area contributed by atoms with Crippen LogP contribution in [0.15, 0.2) is 36.4 Å². The highest BCUT2D eigenvalue weighted by atomic mass is 32.2. The number of nitrogens with one attached hydrogen (secondary N) is 2. The Labute approximate surface area is 226 Å². The Bertz CT molecular complexity index is 1290. The van der Waals surface area contributed by atoms with Crippen molar-refractivity contribution in [3.05, 3.63) is 42.0 Å². The molecule has 3 aliphatic rings. The van der Waals surface area contributed by atoms with Crippen LogP contribution in [0.2, 0.25) is 0 Å². The number of morpholine rings is 1. The molecule has 2 aromatic rings. The fourth-order valence-corrected chi connectivity index (χ4v) is 5.88. The van der Waals surface area contributed by atoms with E-state index in [4.69, 9.17) is 9.72 Å². The number of anilines is 4. The lowest BCUT2D eigenvalue weighted by Crippen LogP contribution is -2.41. The lowest BCUT2D eigenvalue weighted by atomic mass is 9.93. The standard InChI is InChI=1S/C28H39N5O4S/c1-20-19-33(16-17-37-20)25-7-5-6-24(29-25)30-26(34)22-9-8-21(31-38(35,36)27(2,3)4)18-23(22)32-14-12-28(10-11-28)13-15-32/h5-9,18,20,31H,10-17,19H2,1-4H3,(H,29,30,34)/t20-/m1/s1. The number of aromatic nitrogens is 1. The van der Waals surface area contributed by atoms with E-state index in [1.807, 2.05) is 19.1 Å². The van der Waals surface area contributed by atoms with Crippen molar-refractivity contribution in [3.8, 4) is 0 Å². The Morgan fingerprint density at radius 1 is 1.05 bits per heavy atom. The molecule has 3 heterocycles. The number of rotatable bonds is 6. The highest BCUT2D eigenvalue weighted by molar-refractivity contribution is 7.94. The number of hydrogen-bond acceptors (Lipinski definition) is 7. The second-order valence-electron chi connectivity index (χ2n) is 11.9. The first kappa shape index (κ1) is 26.7. The number of carbonyl (C=O) groups is 1. The second-order valence-corrected chi connectivity index (χ2v) is 14.3. The average Bonchev–Trinajstić information content (AvgIpc) is 3.62. The lowest BCUT2D eigenvalue weighted by molar-refractivity contribution is 0.0529. The van der Waals surface area contributed by atoms with Crippen LogP contribution in [0.25, 0.3) is 0 Å². The van der Waals surface area contributed by atoms with Gasteiger partial charge in [-0.2, -0.15) is 0 Å². The summed E-state index contributed by atoms with van der Waals surface area (Å²) in [5.41, 5.74) is 2.18. The molecule has 5 rings (SSSR count). The lowest BCUT2D eigenvalue weighted by Gasteiger charge is -2.35. The Kier molecular flexibility index (Phi) is 7.06. The minimum Gasteiger partial charge on any atom is -0.375 e.